The van der Waals surface area contributed by atoms with Crippen LogP contribution in [0.25, 0.3) is 0 Å². The monoisotopic (exact) mass is 330 g/mol. The van der Waals surface area contributed by atoms with Crippen LogP contribution in [0.2, 0.25) is 0 Å². The lowest BCUT2D eigenvalue weighted by molar-refractivity contribution is -0.119. The predicted molar refractivity (Wildman–Crippen MR) is 84.5 cm³/mol. The molecule has 0 bridgehead atoms. The minimum atomic E-state index is -3.82. The van der Waals surface area contributed by atoms with Gasteiger partial charge in [-0.25, -0.2) is 8.42 Å². The van der Waals surface area contributed by atoms with E-state index in [1.54, 1.807) is 11.0 Å². The molecule has 5 nitrogen and oxygen atoms in total. The minimum Gasteiger partial charge on any atom is -0.361 e. The van der Waals surface area contributed by atoms with Gasteiger partial charge in [0.25, 0.3) is 9.05 Å². The van der Waals surface area contributed by atoms with Crippen LogP contribution in [0.15, 0.2) is 23.1 Å². The zero-order valence-corrected chi connectivity index (χ0v) is 14.1. The summed E-state index contributed by atoms with van der Waals surface area (Å²) < 4.78 is 23.0. The molecule has 0 aromatic heterocycles. The highest BCUT2D eigenvalue weighted by Gasteiger charge is 2.34. The third-order valence-corrected chi connectivity index (χ3v) is 5.00. The van der Waals surface area contributed by atoms with Gasteiger partial charge in [-0.3, -0.25) is 4.79 Å². The maximum absolute atomic E-state index is 12.5. The second-order valence-corrected chi connectivity index (χ2v) is 8.28. The van der Waals surface area contributed by atoms with Gasteiger partial charge in [-0.05, 0) is 31.0 Å². The molecule has 0 spiro atoms. The molecule has 0 aliphatic carbocycles. The van der Waals surface area contributed by atoms with Gasteiger partial charge in [0.2, 0.25) is 5.91 Å². The summed E-state index contributed by atoms with van der Waals surface area (Å²) in [6.45, 7) is 6.40. The number of fused-ring (bicyclic) bond motifs is 1. The molecule has 1 aliphatic rings. The molecule has 0 N–H and O–H groups in total. The lowest BCUT2D eigenvalue weighted by Gasteiger charge is -2.40. The van der Waals surface area contributed by atoms with Crippen LogP contribution in [-0.2, 0) is 13.8 Å². The first-order valence-corrected chi connectivity index (χ1v) is 9.06. The highest BCUT2D eigenvalue weighted by Crippen LogP contribution is 2.37. The number of benzene rings is 1. The fourth-order valence-corrected chi connectivity index (χ4v) is 3.21. The average molecular weight is 331 g/mol. The van der Waals surface area contributed by atoms with Gasteiger partial charge in [0.05, 0.1) is 16.3 Å². The minimum absolute atomic E-state index is 0.00688. The maximum Gasteiger partial charge on any atom is 0.261 e. The van der Waals surface area contributed by atoms with Crippen LogP contribution in [0.4, 0.5) is 11.4 Å². The molecule has 7 heteroatoms. The Bertz CT molecular complexity index is 673. The van der Waals surface area contributed by atoms with Crippen molar-refractivity contribution in [3.05, 3.63) is 18.2 Å². The summed E-state index contributed by atoms with van der Waals surface area (Å²) in [6.07, 6.45) is 0. The fraction of sp³-hybridized carbons (Fsp3) is 0.500. The normalized spacial score (nSPS) is 19.1. The van der Waals surface area contributed by atoms with E-state index in [4.69, 9.17) is 10.7 Å². The third-order valence-electron chi connectivity index (χ3n) is 3.65. The Morgan fingerprint density at radius 2 is 1.90 bits per heavy atom. The van der Waals surface area contributed by atoms with E-state index >= 15 is 0 Å². The SMILES string of the molecule is CC(C)CN1C(=O)C(C)N(C)c2ccc(S(=O)(=O)Cl)cc21. The maximum atomic E-state index is 12.5. The topological polar surface area (TPSA) is 57.7 Å². The largest absolute Gasteiger partial charge is 0.361 e. The molecule has 0 saturated carbocycles. The highest BCUT2D eigenvalue weighted by molar-refractivity contribution is 8.13. The molecular formula is C14H19ClN2O3S. The smallest absolute Gasteiger partial charge is 0.261 e. The summed E-state index contributed by atoms with van der Waals surface area (Å²) in [6, 6.07) is 4.35. The molecule has 0 saturated heterocycles. The molecule has 0 radical (unpaired) electrons. The molecule has 1 atom stereocenters. The molecule has 1 aromatic carbocycles. The first-order chi connectivity index (χ1) is 9.62. The molecule has 0 fully saturated rings. The van der Waals surface area contributed by atoms with E-state index in [2.05, 4.69) is 0 Å². The van der Waals surface area contributed by atoms with Crippen molar-refractivity contribution in [3.63, 3.8) is 0 Å². The second kappa shape index (κ2) is 5.50. The molecule has 1 heterocycles. The van der Waals surface area contributed by atoms with Gasteiger partial charge in [-0.15, -0.1) is 0 Å². The average Bonchev–Trinajstić information content (AvgIpc) is 2.39. The molecule has 1 aliphatic heterocycles. The molecule has 1 amide bonds. The number of hydrogen-bond acceptors (Lipinski definition) is 4. The van der Waals surface area contributed by atoms with Crippen molar-refractivity contribution in [2.45, 2.75) is 31.7 Å². The number of rotatable bonds is 3. The van der Waals surface area contributed by atoms with Crippen LogP contribution in [0.5, 0.6) is 0 Å². The standard InChI is InChI=1S/C14H19ClN2O3S/c1-9(2)8-17-13-7-11(21(15,19)20)5-6-12(13)16(4)10(3)14(17)18/h5-7,9-10H,8H2,1-4H3. The van der Waals surface area contributed by atoms with Gasteiger partial charge in [0.1, 0.15) is 6.04 Å². The number of halogens is 1. The van der Waals surface area contributed by atoms with Crippen molar-refractivity contribution < 1.29 is 13.2 Å². The number of amides is 1. The molecule has 1 aromatic rings. The van der Waals surface area contributed by atoms with Gasteiger partial charge in [0.15, 0.2) is 0 Å². The van der Waals surface area contributed by atoms with Gasteiger partial charge < -0.3 is 9.80 Å². The molecule has 116 valence electrons. The second-order valence-electron chi connectivity index (χ2n) is 5.72. The van der Waals surface area contributed by atoms with Crippen molar-refractivity contribution >= 4 is 37.0 Å². The number of likely N-dealkylation sites (N-methyl/N-ethyl adjacent to an activating group) is 1. The zero-order chi connectivity index (χ0) is 15.9. The molecule has 1 unspecified atom stereocenters. The first kappa shape index (κ1) is 16.1. The van der Waals surface area contributed by atoms with E-state index in [1.165, 1.54) is 12.1 Å². The Morgan fingerprint density at radius 1 is 1.29 bits per heavy atom. The number of nitrogens with zero attached hydrogens (tertiary/aromatic N) is 2. The lowest BCUT2D eigenvalue weighted by atomic mass is 10.1. The van der Waals surface area contributed by atoms with E-state index in [0.29, 0.717) is 12.2 Å². The quantitative estimate of drug-likeness (QED) is 0.799. The van der Waals surface area contributed by atoms with Crippen LogP contribution in [0, 0.1) is 5.92 Å². The van der Waals surface area contributed by atoms with E-state index in [1.807, 2.05) is 32.7 Å². The highest BCUT2D eigenvalue weighted by atomic mass is 35.7. The summed E-state index contributed by atoms with van der Waals surface area (Å²) in [4.78, 5) is 16.0. The van der Waals surface area contributed by atoms with E-state index in [9.17, 15) is 13.2 Å². The molecule has 21 heavy (non-hydrogen) atoms. The summed E-state index contributed by atoms with van der Waals surface area (Å²) in [5.41, 5.74) is 1.42. The fourth-order valence-electron chi connectivity index (χ4n) is 2.44. The van der Waals surface area contributed by atoms with Gasteiger partial charge in [0, 0.05) is 24.3 Å². The molecular weight excluding hydrogens is 312 g/mol. The van der Waals surface area contributed by atoms with Crippen molar-refractivity contribution in [2.75, 3.05) is 23.4 Å². The van der Waals surface area contributed by atoms with Gasteiger partial charge >= 0.3 is 0 Å². The summed E-state index contributed by atoms with van der Waals surface area (Å²) >= 11 is 0. The van der Waals surface area contributed by atoms with Gasteiger partial charge in [-0.1, -0.05) is 13.8 Å². The number of anilines is 2. The van der Waals surface area contributed by atoms with Crippen LogP contribution < -0.4 is 9.80 Å². The van der Waals surface area contributed by atoms with Crippen LogP contribution in [-0.4, -0.2) is 34.0 Å². The van der Waals surface area contributed by atoms with Crippen molar-refractivity contribution in [3.8, 4) is 0 Å². The first-order valence-electron chi connectivity index (χ1n) is 6.76. The van der Waals surface area contributed by atoms with Crippen molar-refractivity contribution in [1.29, 1.82) is 0 Å². The van der Waals surface area contributed by atoms with Crippen LogP contribution in [0.1, 0.15) is 20.8 Å². The summed E-state index contributed by atoms with van der Waals surface area (Å²) in [5.74, 6) is 0.233. The summed E-state index contributed by atoms with van der Waals surface area (Å²) in [7, 11) is 3.41. The number of carbonyl (C=O) groups is 1. The Labute approximate surface area is 129 Å². The lowest BCUT2D eigenvalue weighted by Crippen LogP contribution is -2.51. The Morgan fingerprint density at radius 3 is 2.43 bits per heavy atom. The van der Waals surface area contributed by atoms with Crippen LogP contribution >= 0.6 is 10.7 Å². The van der Waals surface area contributed by atoms with E-state index in [0.717, 1.165) is 5.69 Å². The van der Waals surface area contributed by atoms with E-state index < -0.39 is 9.05 Å². The Balaban J connectivity index is 2.61. The molecule has 2 rings (SSSR count). The zero-order valence-electron chi connectivity index (χ0n) is 12.5. The number of carbonyl (C=O) groups excluding carboxylic acids is 1. The van der Waals surface area contributed by atoms with Crippen molar-refractivity contribution in [1.82, 2.24) is 0 Å². The van der Waals surface area contributed by atoms with Crippen molar-refractivity contribution in [2.24, 2.45) is 5.92 Å². The Kier molecular flexibility index (Phi) is 4.22. The van der Waals surface area contributed by atoms with E-state index in [-0.39, 0.29) is 22.8 Å². The summed E-state index contributed by atoms with van der Waals surface area (Å²) in [5, 5.41) is 0. The van der Waals surface area contributed by atoms with Crippen LogP contribution in [0.3, 0.4) is 0 Å². The van der Waals surface area contributed by atoms with Gasteiger partial charge in [-0.2, -0.15) is 0 Å². The number of hydrogen-bond donors (Lipinski definition) is 0. The third kappa shape index (κ3) is 3.01. The Hall–Kier alpha value is -1.27. The predicted octanol–water partition coefficient (Wildman–Crippen LogP) is 2.44.